The van der Waals surface area contributed by atoms with Gasteiger partial charge < -0.3 is 15.2 Å². The Hall–Kier alpha value is -1.40. The molecule has 2 unspecified atom stereocenters. The first-order valence-corrected chi connectivity index (χ1v) is 5.09. The molecule has 90 valence electrons. The van der Waals surface area contributed by atoms with Gasteiger partial charge in [-0.3, -0.25) is 9.48 Å². The van der Waals surface area contributed by atoms with E-state index >= 15 is 0 Å². The van der Waals surface area contributed by atoms with Gasteiger partial charge in [-0.15, -0.1) is 0 Å². The molecule has 1 rings (SSSR count). The van der Waals surface area contributed by atoms with Gasteiger partial charge in [0.15, 0.2) is 0 Å². The Kier molecular flexibility index (Phi) is 4.94. The molecule has 0 saturated heterocycles. The number of aliphatic hydroxyl groups is 1. The fraction of sp³-hybridized carbons (Fsp3) is 0.600. The molecule has 2 N–H and O–H groups in total. The maximum absolute atomic E-state index is 11.6. The smallest absolute Gasteiger partial charge is 0.244 e. The van der Waals surface area contributed by atoms with Crippen LogP contribution in [0.4, 0.5) is 0 Å². The Bertz CT molecular complexity index is 313. The van der Waals surface area contributed by atoms with E-state index in [2.05, 4.69) is 10.4 Å². The van der Waals surface area contributed by atoms with Crippen LogP contribution < -0.4 is 5.32 Å². The highest BCUT2D eigenvalue weighted by Gasteiger charge is 2.15. The number of aliphatic hydroxyl groups excluding tert-OH is 1. The van der Waals surface area contributed by atoms with Crippen LogP contribution in [-0.2, 0) is 9.53 Å². The Labute approximate surface area is 94.2 Å². The first-order chi connectivity index (χ1) is 7.65. The number of carbonyl (C=O) groups is 1. The quantitative estimate of drug-likeness (QED) is 0.691. The lowest BCUT2D eigenvalue weighted by atomic mass is 10.3. The van der Waals surface area contributed by atoms with Crippen molar-refractivity contribution in [3.8, 4) is 0 Å². The number of ether oxygens (including phenoxy) is 1. The molecule has 0 radical (unpaired) electrons. The molecule has 0 aliphatic carbocycles. The average Bonchev–Trinajstić information content (AvgIpc) is 2.78. The second-order valence-corrected chi connectivity index (χ2v) is 3.52. The van der Waals surface area contributed by atoms with E-state index in [4.69, 9.17) is 4.74 Å². The Morgan fingerprint density at radius 1 is 1.69 bits per heavy atom. The van der Waals surface area contributed by atoms with Crippen molar-refractivity contribution < 1.29 is 14.6 Å². The fourth-order valence-electron chi connectivity index (χ4n) is 1.25. The molecule has 6 nitrogen and oxygen atoms in total. The third-order valence-electron chi connectivity index (χ3n) is 2.17. The van der Waals surface area contributed by atoms with Gasteiger partial charge in [-0.05, 0) is 13.0 Å². The molecule has 0 spiro atoms. The zero-order chi connectivity index (χ0) is 12.0. The number of nitrogens with zero attached hydrogens (tertiary/aromatic N) is 2. The molecule has 0 aromatic carbocycles. The first kappa shape index (κ1) is 12.7. The summed E-state index contributed by atoms with van der Waals surface area (Å²) < 4.78 is 6.30. The molecule has 0 saturated carbocycles. The summed E-state index contributed by atoms with van der Waals surface area (Å²) in [5, 5.41) is 15.9. The minimum atomic E-state index is -0.682. The summed E-state index contributed by atoms with van der Waals surface area (Å²) in [6, 6.07) is 1.37. The minimum absolute atomic E-state index is 0.179. The number of aromatic nitrogens is 2. The Morgan fingerprint density at radius 2 is 2.44 bits per heavy atom. The predicted molar refractivity (Wildman–Crippen MR) is 57.8 cm³/mol. The first-order valence-electron chi connectivity index (χ1n) is 5.09. The minimum Gasteiger partial charge on any atom is -0.389 e. The summed E-state index contributed by atoms with van der Waals surface area (Å²) in [5.41, 5.74) is 0. The topological polar surface area (TPSA) is 76.4 Å². The number of nitrogens with one attached hydrogen (secondary N) is 1. The average molecular weight is 227 g/mol. The molecule has 1 heterocycles. The van der Waals surface area contributed by atoms with E-state index in [0.717, 1.165) is 0 Å². The van der Waals surface area contributed by atoms with Crippen LogP contribution in [-0.4, -0.2) is 47.2 Å². The van der Waals surface area contributed by atoms with Crippen LogP contribution in [0.5, 0.6) is 0 Å². The number of hydrogen-bond acceptors (Lipinski definition) is 4. The standard InChI is InChI=1S/C10H17N3O3/c1-8(13-5-3-4-12-13)10(15)11-6-9(14)7-16-2/h3-5,8-9,14H,6-7H2,1-2H3,(H,11,15). The van der Waals surface area contributed by atoms with Crippen molar-refractivity contribution in [3.63, 3.8) is 0 Å². The van der Waals surface area contributed by atoms with Gasteiger partial charge >= 0.3 is 0 Å². The van der Waals surface area contributed by atoms with E-state index < -0.39 is 6.10 Å². The second kappa shape index (κ2) is 6.24. The molecule has 2 atom stereocenters. The largest absolute Gasteiger partial charge is 0.389 e. The van der Waals surface area contributed by atoms with Crippen LogP contribution in [0, 0.1) is 0 Å². The monoisotopic (exact) mass is 227 g/mol. The van der Waals surface area contributed by atoms with Crippen molar-refractivity contribution >= 4 is 5.91 Å². The van der Waals surface area contributed by atoms with E-state index in [9.17, 15) is 9.90 Å². The highest BCUT2D eigenvalue weighted by Crippen LogP contribution is 2.02. The van der Waals surface area contributed by atoms with Crippen LogP contribution >= 0.6 is 0 Å². The van der Waals surface area contributed by atoms with Crippen molar-refractivity contribution in [2.45, 2.75) is 19.1 Å². The highest BCUT2D eigenvalue weighted by atomic mass is 16.5. The summed E-state index contributed by atoms with van der Waals surface area (Å²) in [6.45, 7) is 2.12. The number of carbonyl (C=O) groups excluding carboxylic acids is 1. The van der Waals surface area contributed by atoms with Gasteiger partial charge in [0.05, 0.1) is 12.7 Å². The summed E-state index contributed by atoms with van der Waals surface area (Å²) in [6.07, 6.45) is 2.65. The van der Waals surface area contributed by atoms with Crippen molar-refractivity contribution in [3.05, 3.63) is 18.5 Å². The summed E-state index contributed by atoms with van der Waals surface area (Å²) in [5.74, 6) is -0.182. The van der Waals surface area contributed by atoms with Gasteiger partial charge in [-0.1, -0.05) is 0 Å². The van der Waals surface area contributed by atoms with Crippen LogP contribution in [0.3, 0.4) is 0 Å². The lowest BCUT2D eigenvalue weighted by Gasteiger charge is -2.15. The zero-order valence-electron chi connectivity index (χ0n) is 9.46. The Balaban J connectivity index is 2.35. The molecule has 0 aliphatic heterocycles. The number of methoxy groups -OCH3 is 1. The Morgan fingerprint density at radius 3 is 3.00 bits per heavy atom. The van der Waals surface area contributed by atoms with Gasteiger partial charge in [0.2, 0.25) is 5.91 Å². The normalized spacial score (nSPS) is 14.4. The summed E-state index contributed by atoms with van der Waals surface area (Å²) >= 11 is 0. The highest BCUT2D eigenvalue weighted by molar-refractivity contribution is 5.79. The SMILES string of the molecule is COCC(O)CNC(=O)C(C)n1cccn1. The molecular formula is C10H17N3O3. The molecule has 16 heavy (non-hydrogen) atoms. The molecule has 1 amide bonds. The van der Waals surface area contributed by atoms with Crippen molar-refractivity contribution in [2.24, 2.45) is 0 Å². The molecule has 0 bridgehead atoms. The lowest BCUT2D eigenvalue weighted by molar-refractivity contribution is -0.124. The summed E-state index contributed by atoms with van der Waals surface area (Å²) in [4.78, 5) is 11.6. The van der Waals surface area contributed by atoms with Crippen LogP contribution in [0.25, 0.3) is 0 Å². The third kappa shape index (κ3) is 3.63. The lowest BCUT2D eigenvalue weighted by Crippen LogP contribution is -2.38. The predicted octanol–water partition coefficient (Wildman–Crippen LogP) is -0.432. The second-order valence-electron chi connectivity index (χ2n) is 3.52. The molecule has 0 fully saturated rings. The van der Waals surface area contributed by atoms with Gasteiger partial charge in [0.25, 0.3) is 0 Å². The van der Waals surface area contributed by atoms with Gasteiger partial charge in [0.1, 0.15) is 6.04 Å². The van der Waals surface area contributed by atoms with Crippen molar-refractivity contribution in [2.75, 3.05) is 20.3 Å². The maximum Gasteiger partial charge on any atom is 0.244 e. The fourth-order valence-corrected chi connectivity index (χ4v) is 1.25. The molecule has 1 aromatic rings. The van der Waals surface area contributed by atoms with E-state index in [1.165, 1.54) is 7.11 Å². The summed E-state index contributed by atoms with van der Waals surface area (Å²) in [7, 11) is 1.50. The van der Waals surface area contributed by atoms with Crippen LogP contribution in [0.15, 0.2) is 18.5 Å². The van der Waals surface area contributed by atoms with E-state index in [-0.39, 0.29) is 25.1 Å². The van der Waals surface area contributed by atoms with E-state index in [1.54, 1.807) is 30.1 Å². The van der Waals surface area contributed by atoms with Crippen LogP contribution in [0.1, 0.15) is 13.0 Å². The van der Waals surface area contributed by atoms with Gasteiger partial charge in [-0.2, -0.15) is 5.10 Å². The van der Waals surface area contributed by atoms with E-state index in [0.29, 0.717) is 0 Å². The number of rotatable bonds is 6. The molecule has 0 aliphatic rings. The molecule has 1 aromatic heterocycles. The van der Waals surface area contributed by atoms with Gasteiger partial charge in [-0.25, -0.2) is 0 Å². The molecular weight excluding hydrogens is 210 g/mol. The number of hydrogen-bond donors (Lipinski definition) is 2. The van der Waals surface area contributed by atoms with Crippen molar-refractivity contribution in [1.82, 2.24) is 15.1 Å². The van der Waals surface area contributed by atoms with E-state index in [1.807, 2.05) is 0 Å². The number of amides is 1. The van der Waals surface area contributed by atoms with Crippen molar-refractivity contribution in [1.29, 1.82) is 0 Å². The third-order valence-corrected chi connectivity index (χ3v) is 2.17. The maximum atomic E-state index is 11.6. The van der Waals surface area contributed by atoms with Crippen LogP contribution in [0.2, 0.25) is 0 Å². The van der Waals surface area contributed by atoms with Gasteiger partial charge in [0, 0.05) is 26.0 Å². The molecule has 6 heteroatoms. The zero-order valence-corrected chi connectivity index (χ0v) is 9.46.